The Morgan fingerprint density at radius 3 is 2.39 bits per heavy atom. The Hall–Kier alpha value is -2.44. The molecule has 28 heavy (non-hydrogen) atoms. The molecule has 4 rings (SSSR count). The zero-order valence-electron chi connectivity index (χ0n) is 17.0. The van der Waals surface area contributed by atoms with Crippen LogP contribution in [0.25, 0.3) is 11.1 Å². The van der Waals surface area contributed by atoms with Crippen LogP contribution in [0, 0.1) is 5.41 Å². The molecule has 3 heterocycles. The van der Waals surface area contributed by atoms with Crippen molar-refractivity contribution >= 4 is 22.9 Å². The summed E-state index contributed by atoms with van der Waals surface area (Å²) in [6.45, 7) is 7.23. The van der Waals surface area contributed by atoms with E-state index >= 15 is 0 Å². The minimum absolute atomic E-state index is 0.140. The van der Waals surface area contributed by atoms with E-state index in [9.17, 15) is 9.59 Å². The average Bonchev–Trinajstić information content (AvgIpc) is 3.45. The molecule has 2 aliphatic rings. The van der Waals surface area contributed by atoms with Gasteiger partial charge < -0.3 is 14.7 Å². The lowest BCUT2D eigenvalue weighted by molar-refractivity contribution is -0.140. The molecule has 1 saturated carbocycles. The van der Waals surface area contributed by atoms with E-state index in [1.165, 1.54) is 0 Å². The summed E-state index contributed by atoms with van der Waals surface area (Å²) >= 11 is 0. The first kappa shape index (κ1) is 18.9. The number of likely N-dealkylation sites (tertiary alicyclic amines) is 1. The molecule has 0 radical (unpaired) electrons. The van der Waals surface area contributed by atoms with Crippen molar-refractivity contribution in [2.24, 2.45) is 5.41 Å². The molecule has 2 aromatic rings. The molecule has 0 bridgehead atoms. The number of hydrogen-bond donors (Lipinski definition) is 1. The van der Waals surface area contributed by atoms with Gasteiger partial charge in [0.25, 0.3) is 11.6 Å². The number of rotatable bonds is 3. The van der Waals surface area contributed by atoms with Crippen LogP contribution in [0.15, 0.2) is 10.6 Å². The van der Waals surface area contributed by atoms with E-state index in [1.807, 2.05) is 31.7 Å². The maximum absolute atomic E-state index is 12.5. The second kappa shape index (κ2) is 6.87. The van der Waals surface area contributed by atoms with Gasteiger partial charge in [0.15, 0.2) is 0 Å². The molecule has 0 spiro atoms. The van der Waals surface area contributed by atoms with Crippen molar-refractivity contribution in [3.8, 4) is 0 Å². The highest BCUT2D eigenvalue weighted by atomic mass is 16.5. The first-order valence-corrected chi connectivity index (χ1v) is 10.1. The second-order valence-corrected chi connectivity index (χ2v) is 9.01. The van der Waals surface area contributed by atoms with Crippen molar-refractivity contribution in [2.45, 2.75) is 58.3 Å². The van der Waals surface area contributed by atoms with Gasteiger partial charge in [-0.3, -0.25) is 9.59 Å². The summed E-state index contributed by atoms with van der Waals surface area (Å²) in [5.74, 6) is 0.618. The molecule has 1 saturated heterocycles. The number of nitrogens with one attached hydrogen (secondary N) is 1. The fourth-order valence-electron chi connectivity index (χ4n) is 4.00. The smallest absolute Gasteiger partial charge is 0.259 e. The molecular weight excluding hydrogens is 356 g/mol. The largest absolute Gasteiger partial charge is 0.355 e. The zero-order valence-corrected chi connectivity index (χ0v) is 17.0. The van der Waals surface area contributed by atoms with Crippen LogP contribution in [-0.2, 0) is 4.79 Å². The molecule has 7 nitrogen and oxygen atoms in total. The maximum atomic E-state index is 12.5. The van der Waals surface area contributed by atoms with E-state index < -0.39 is 0 Å². The topological polar surface area (TPSA) is 88.3 Å². The Morgan fingerprint density at radius 1 is 1.14 bits per heavy atom. The first-order valence-electron chi connectivity index (χ1n) is 10.1. The van der Waals surface area contributed by atoms with E-state index in [-0.39, 0.29) is 23.1 Å². The monoisotopic (exact) mass is 384 g/mol. The lowest BCUT2D eigenvalue weighted by atomic mass is 9.88. The number of pyridine rings is 1. The Labute approximate surface area is 164 Å². The number of fused-ring (bicyclic) bond motifs is 1. The van der Waals surface area contributed by atoms with Gasteiger partial charge >= 0.3 is 0 Å². The van der Waals surface area contributed by atoms with Crippen LogP contribution >= 0.6 is 0 Å². The molecular formula is C21H28N4O3. The summed E-state index contributed by atoms with van der Waals surface area (Å²) in [7, 11) is 1.63. The highest BCUT2D eigenvalue weighted by Gasteiger charge is 2.34. The Balaban J connectivity index is 1.63. The standard InChI is InChI=1S/C21H28N4O3/c1-21(2,3)20(27)25-9-7-13(8-10-25)17-16-14(18(26)22-4)11-15(12-5-6-12)23-19(16)28-24-17/h11-13H,5-10H2,1-4H3,(H,22,26). The van der Waals surface area contributed by atoms with Gasteiger partial charge in [0, 0.05) is 43.1 Å². The Bertz CT molecular complexity index is 916. The van der Waals surface area contributed by atoms with E-state index in [1.54, 1.807) is 7.05 Å². The third-order valence-electron chi connectivity index (χ3n) is 5.77. The fourth-order valence-corrected chi connectivity index (χ4v) is 4.00. The van der Waals surface area contributed by atoms with Gasteiger partial charge in [0.1, 0.15) is 0 Å². The Morgan fingerprint density at radius 2 is 1.82 bits per heavy atom. The minimum Gasteiger partial charge on any atom is -0.355 e. The third kappa shape index (κ3) is 3.38. The van der Waals surface area contributed by atoms with Gasteiger partial charge in [-0.05, 0) is 31.7 Å². The van der Waals surface area contributed by atoms with Gasteiger partial charge in [0.2, 0.25) is 5.91 Å². The van der Waals surface area contributed by atoms with Crippen LogP contribution in [0.3, 0.4) is 0 Å². The SMILES string of the molecule is CNC(=O)c1cc(C2CC2)nc2onc(C3CCN(C(=O)C(C)(C)C)CC3)c12. The van der Waals surface area contributed by atoms with Gasteiger partial charge in [-0.25, -0.2) is 4.98 Å². The van der Waals surface area contributed by atoms with Crippen molar-refractivity contribution in [2.75, 3.05) is 20.1 Å². The molecule has 1 aliphatic carbocycles. The minimum atomic E-state index is -0.372. The quantitative estimate of drug-likeness (QED) is 0.878. The number of carbonyl (C=O) groups excluding carboxylic acids is 2. The van der Waals surface area contributed by atoms with Crippen LogP contribution in [0.4, 0.5) is 0 Å². The van der Waals surface area contributed by atoms with Crippen LogP contribution in [0.2, 0.25) is 0 Å². The van der Waals surface area contributed by atoms with Crippen molar-refractivity contribution in [1.29, 1.82) is 0 Å². The van der Waals surface area contributed by atoms with Gasteiger partial charge in [-0.1, -0.05) is 25.9 Å². The molecule has 0 unspecified atom stereocenters. The van der Waals surface area contributed by atoms with Crippen molar-refractivity contribution in [3.63, 3.8) is 0 Å². The van der Waals surface area contributed by atoms with Crippen molar-refractivity contribution < 1.29 is 14.1 Å². The molecule has 2 aromatic heterocycles. The molecule has 7 heteroatoms. The van der Waals surface area contributed by atoms with Crippen LogP contribution in [-0.4, -0.2) is 47.0 Å². The number of carbonyl (C=O) groups is 2. The lowest BCUT2D eigenvalue weighted by Crippen LogP contribution is -2.43. The summed E-state index contributed by atoms with van der Waals surface area (Å²) in [4.78, 5) is 31.7. The molecule has 2 amide bonds. The zero-order chi connectivity index (χ0) is 20.1. The Kier molecular flexibility index (Phi) is 4.63. The van der Waals surface area contributed by atoms with E-state index in [0.29, 0.717) is 30.3 Å². The average molecular weight is 384 g/mol. The second-order valence-electron chi connectivity index (χ2n) is 9.01. The molecule has 0 atom stereocenters. The predicted molar refractivity (Wildman–Crippen MR) is 105 cm³/mol. The van der Waals surface area contributed by atoms with Crippen LogP contribution in [0.1, 0.15) is 80.0 Å². The number of amides is 2. The predicted octanol–water partition coefficient (Wildman–Crippen LogP) is 3.21. The molecule has 150 valence electrons. The van der Waals surface area contributed by atoms with Gasteiger partial charge in [-0.2, -0.15) is 0 Å². The third-order valence-corrected chi connectivity index (χ3v) is 5.77. The molecule has 2 fully saturated rings. The van der Waals surface area contributed by atoms with Gasteiger partial charge in [-0.15, -0.1) is 0 Å². The maximum Gasteiger partial charge on any atom is 0.259 e. The van der Waals surface area contributed by atoms with E-state index in [0.717, 1.165) is 42.5 Å². The summed E-state index contributed by atoms with van der Waals surface area (Å²) in [5, 5.41) is 7.77. The normalized spacial score (nSPS) is 18.5. The molecule has 1 aliphatic heterocycles. The number of hydrogen-bond acceptors (Lipinski definition) is 5. The van der Waals surface area contributed by atoms with Crippen LogP contribution in [0.5, 0.6) is 0 Å². The van der Waals surface area contributed by atoms with Crippen molar-refractivity contribution in [3.05, 3.63) is 23.0 Å². The van der Waals surface area contributed by atoms with Crippen LogP contribution < -0.4 is 5.32 Å². The summed E-state index contributed by atoms with van der Waals surface area (Å²) in [6, 6.07) is 1.90. The summed E-state index contributed by atoms with van der Waals surface area (Å²) in [5.41, 5.74) is 2.39. The van der Waals surface area contributed by atoms with Gasteiger partial charge in [0.05, 0.1) is 16.6 Å². The fraction of sp³-hybridized carbons (Fsp3) is 0.619. The number of nitrogens with zero attached hydrogens (tertiary/aromatic N) is 3. The highest BCUT2D eigenvalue weighted by molar-refractivity contribution is 6.06. The summed E-state index contributed by atoms with van der Waals surface area (Å²) in [6.07, 6.45) is 3.82. The number of aromatic nitrogens is 2. The van der Waals surface area contributed by atoms with E-state index in [4.69, 9.17) is 4.52 Å². The number of piperidine rings is 1. The lowest BCUT2D eigenvalue weighted by Gasteiger charge is -2.35. The first-order chi connectivity index (χ1) is 13.3. The molecule has 0 aromatic carbocycles. The summed E-state index contributed by atoms with van der Waals surface area (Å²) < 4.78 is 5.56. The highest BCUT2D eigenvalue weighted by Crippen LogP contribution is 2.41. The van der Waals surface area contributed by atoms with E-state index in [2.05, 4.69) is 15.5 Å². The van der Waals surface area contributed by atoms with Crippen molar-refractivity contribution in [1.82, 2.24) is 20.4 Å². The molecule has 1 N–H and O–H groups in total.